The number of rotatable bonds is 4. The topological polar surface area (TPSA) is 91.8 Å². The molecule has 0 spiro atoms. The van der Waals surface area contributed by atoms with Gasteiger partial charge in [-0.05, 0) is 5.56 Å². The third-order valence-corrected chi connectivity index (χ3v) is 4.37. The molecule has 2 amide bonds. The van der Waals surface area contributed by atoms with Gasteiger partial charge in [0.05, 0.1) is 12.6 Å². The highest BCUT2D eigenvalue weighted by molar-refractivity contribution is 7.13. The molecule has 1 aliphatic heterocycles. The molecule has 1 aromatic carbocycles. The Morgan fingerprint density at radius 3 is 2.88 bits per heavy atom. The number of aliphatic hydroxyl groups excluding tert-OH is 1. The molecule has 2 heterocycles. The molecule has 2 aromatic rings. The van der Waals surface area contributed by atoms with Crippen LogP contribution in [0.1, 0.15) is 12.0 Å². The summed E-state index contributed by atoms with van der Waals surface area (Å²) in [5, 5.41) is 14.7. The summed E-state index contributed by atoms with van der Waals surface area (Å²) >= 11 is 1.29. The van der Waals surface area contributed by atoms with Crippen LogP contribution in [0.25, 0.3) is 0 Å². The van der Waals surface area contributed by atoms with Crippen molar-refractivity contribution < 1.29 is 19.4 Å². The van der Waals surface area contributed by atoms with Gasteiger partial charge in [0.2, 0.25) is 5.91 Å². The normalized spacial score (nSPS) is 20.0. The minimum atomic E-state index is -0.771. The van der Waals surface area contributed by atoms with Crippen molar-refractivity contribution in [3.05, 3.63) is 47.5 Å². The molecule has 8 heteroatoms. The Morgan fingerprint density at radius 1 is 1.38 bits per heavy atom. The summed E-state index contributed by atoms with van der Waals surface area (Å²) < 4.78 is 5.26. The number of carbonyl (C=O) groups excluding carboxylic acids is 2. The molecule has 0 saturated carbocycles. The van der Waals surface area contributed by atoms with Gasteiger partial charge in [0.15, 0.2) is 5.13 Å². The minimum Gasteiger partial charge on any atom is -0.445 e. The fourth-order valence-corrected chi connectivity index (χ4v) is 3.07. The molecule has 0 unspecified atom stereocenters. The van der Waals surface area contributed by atoms with Gasteiger partial charge in [-0.1, -0.05) is 30.3 Å². The fraction of sp³-hybridized carbons (Fsp3) is 0.312. The second-order valence-corrected chi connectivity index (χ2v) is 6.32. The SMILES string of the molecule is O=C(Nc1nccs1)[C@@H]1C[C@@H](O)CN1C(=O)OCc1ccccc1. The van der Waals surface area contributed by atoms with E-state index in [1.807, 2.05) is 30.3 Å². The number of ether oxygens (including phenoxy) is 1. The van der Waals surface area contributed by atoms with Gasteiger partial charge in [0.25, 0.3) is 0 Å². The number of likely N-dealkylation sites (tertiary alicyclic amines) is 1. The fourth-order valence-electron chi connectivity index (χ4n) is 2.54. The van der Waals surface area contributed by atoms with Crippen molar-refractivity contribution in [2.24, 2.45) is 0 Å². The van der Waals surface area contributed by atoms with Crippen LogP contribution in [0.3, 0.4) is 0 Å². The number of aromatic nitrogens is 1. The van der Waals surface area contributed by atoms with Gasteiger partial charge in [-0.3, -0.25) is 9.69 Å². The first-order valence-corrected chi connectivity index (χ1v) is 8.37. The Morgan fingerprint density at radius 2 is 2.17 bits per heavy atom. The Balaban J connectivity index is 1.61. The van der Waals surface area contributed by atoms with Crippen LogP contribution in [0, 0.1) is 0 Å². The molecule has 2 atom stereocenters. The molecule has 7 nitrogen and oxygen atoms in total. The van der Waals surface area contributed by atoms with Gasteiger partial charge in [-0.2, -0.15) is 0 Å². The van der Waals surface area contributed by atoms with Gasteiger partial charge in [0, 0.05) is 18.0 Å². The van der Waals surface area contributed by atoms with Crippen LogP contribution in [-0.2, 0) is 16.1 Å². The molecule has 0 radical (unpaired) electrons. The molecule has 3 rings (SSSR count). The van der Waals surface area contributed by atoms with Crippen molar-refractivity contribution in [2.75, 3.05) is 11.9 Å². The molecule has 126 valence electrons. The Hall–Kier alpha value is -2.45. The first-order valence-electron chi connectivity index (χ1n) is 7.49. The lowest BCUT2D eigenvalue weighted by Crippen LogP contribution is -2.43. The van der Waals surface area contributed by atoms with Crippen LogP contribution in [-0.4, -0.2) is 45.7 Å². The zero-order valence-electron chi connectivity index (χ0n) is 12.8. The van der Waals surface area contributed by atoms with E-state index in [0.717, 1.165) is 5.56 Å². The van der Waals surface area contributed by atoms with E-state index in [1.54, 1.807) is 11.6 Å². The largest absolute Gasteiger partial charge is 0.445 e. The summed E-state index contributed by atoms with van der Waals surface area (Å²) in [6, 6.07) is 8.51. The van der Waals surface area contributed by atoms with Crippen molar-refractivity contribution >= 4 is 28.5 Å². The number of nitrogens with one attached hydrogen (secondary N) is 1. The Bertz CT molecular complexity index is 693. The molecule has 24 heavy (non-hydrogen) atoms. The number of aliphatic hydroxyl groups is 1. The number of amides is 2. The van der Waals surface area contributed by atoms with Crippen molar-refractivity contribution in [2.45, 2.75) is 25.2 Å². The number of thiazole rings is 1. The maximum Gasteiger partial charge on any atom is 0.410 e. The Labute approximate surface area is 142 Å². The lowest BCUT2D eigenvalue weighted by atomic mass is 10.2. The van der Waals surface area contributed by atoms with Crippen LogP contribution in [0.2, 0.25) is 0 Å². The van der Waals surface area contributed by atoms with E-state index < -0.39 is 18.2 Å². The average molecular weight is 347 g/mol. The van der Waals surface area contributed by atoms with Crippen molar-refractivity contribution in [3.8, 4) is 0 Å². The summed E-state index contributed by atoms with van der Waals surface area (Å²) in [5.74, 6) is -0.377. The lowest BCUT2D eigenvalue weighted by Gasteiger charge is -2.22. The third kappa shape index (κ3) is 3.90. The number of carbonyl (C=O) groups is 2. The van der Waals surface area contributed by atoms with E-state index in [1.165, 1.54) is 16.2 Å². The van der Waals surface area contributed by atoms with Crippen LogP contribution in [0.5, 0.6) is 0 Å². The summed E-state index contributed by atoms with van der Waals surface area (Å²) in [6.45, 7) is 0.191. The third-order valence-electron chi connectivity index (χ3n) is 3.68. The van der Waals surface area contributed by atoms with E-state index in [2.05, 4.69) is 10.3 Å². The molecule has 1 aliphatic rings. The second-order valence-electron chi connectivity index (χ2n) is 5.42. The first kappa shape index (κ1) is 16.4. The van der Waals surface area contributed by atoms with Crippen molar-refractivity contribution in [1.29, 1.82) is 0 Å². The number of anilines is 1. The van der Waals surface area contributed by atoms with E-state index in [-0.39, 0.29) is 25.5 Å². The monoisotopic (exact) mass is 347 g/mol. The smallest absolute Gasteiger partial charge is 0.410 e. The predicted molar refractivity (Wildman–Crippen MR) is 88.5 cm³/mol. The van der Waals surface area contributed by atoms with Crippen LogP contribution in [0.15, 0.2) is 41.9 Å². The van der Waals surface area contributed by atoms with Gasteiger partial charge in [0.1, 0.15) is 12.6 Å². The second kappa shape index (κ2) is 7.41. The maximum absolute atomic E-state index is 12.3. The summed E-state index contributed by atoms with van der Waals surface area (Å²) in [7, 11) is 0. The predicted octanol–water partition coefficient (Wildman–Crippen LogP) is 1.85. The highest BCUT2D eigenvalue weighted by Gasteiger charge is 2.40. The molecule has 1 fully saturated rings. The van der Waals surface area contributed by atoms with Gasteiger partial charge >= 0.3 is 6.09 Å². The standard InChI is InChI=1S/C16H17N3O4S/c20-12-8-13(14(21)18-15-17-6-7-24-15)19(9-12)16(22)23-10-11-4-2-1-3-5-11/h1-7,12-13,20H,8-10H2,(H,17,18,21)/t12-,13+/m1/s1. The van der Waals surface area contributed by atoms with Crippen molar-refractivity contribution in [1.82, 2.24) is 9.88 Å². The summed E-state index contributed by atoms with van der Waals surface area (Å²) in [4.78, 5) is 29.9. The highest BCUT2D eigenvalue weighted by Crippen LogP contribution is 2.22. The maximum atomic E-state index is 12.3. The molecule has 0 bridgehead atoms. The first-order chi connectivity index (χ1) is 11.6. The molecular weight excluding hydrogens is 330 g/mol. The number of β-amino-alcohol motifs (C(OH)–C–C–N with tert-alkyl or cyclic N) is 1. The molecular formula is C16H17N3O4S. The molecule has 2 N–H and O–H groups in total. The summed E-state index contributed by atoms with van der Waals surface area (Å²) in [5.41, 5.74) is 0.856. The number of benzene rings is 1. The molecule has 1 aromatic heterocycles. The lowest BCUT2D eigenvalue weighted by molar-refractivity contribution is -0.120. The quantitative estimate of drug-likeness (QED) is 0.881. The van der Waals surface area contributed by atoms with Gasteiger partial charge in [-0.15, -0.1) is 11.3 Å². The summed E-state index contributed by atoms with van der Waals surface area (Å²) in [6.07, 6.45) is 0.392. The number of hydrogen-bond donors (Lipinski definition) is 2. The van der Waals surface area contributed by atoms with Gasteiger partial charge < -0.3 is 15.2 Å². The van der Waals surface area contributed by atoms with Crippen LogP contribution in [0.4, 0.5) is 9.93 Å². The molecule has 1 saturated heterocycles. The molecule has 0 aliphatic carbocycles. The van der Waals surface area contributed by atoms with Crippen LogP contribution < -0.4 is 5.32 Å². The van der Waals surface area contributed by atoms with E-state index >= 15 is 0 Å². The zero-order valence-corrected chi connectivity index (χ0v) is 13.6. The average Bonchev–Trinajstić information content (AvgIpc) is 3.23. The van der Waals surface area contributed by atoms with E-state index in [0.29, 0.717) is 5.13 Å². The number of nitrogens with zero attached hydrogens (tertiary/aromatic N) is 2. The zero-order chi connectivity index (χ0) is 16.9. The Kier molecular flexibility index (Phi) is 5.07. The van der Waals surface area contributed by atoms with Crippen molar-refractivity contribution in [3.63, 3.8) is 0 Å². The minimum absolute atomic E-state index is 0.0730. The van der Waals surface area contributed by atoms with Gasteiger partial charge in [-0.25, -0.2) is 9.78 Å². The van der Waals surface area contributed by atoms with E-state index in [4.69, 9.17) is 4.74 Å². The van der Waals surface area contributed by atoms with E-state index in [9.17, 15) is 14.7 Å². The number of hydrogen-bond acceptors (Lipinski definition) is 6. The van der Waals surface area contributed by atoms with Crippen LogP contribution >= 0.6 is 11.3 Å². The highest BCUT2D eigenvalue weighted by atomic mass is 32.1.